The predicted molar refractivity (Wildman–Crippen MR) is 66.6 cm³/mol. The summed E-state index contributed by atoms with van der Waals surface area (Å²) in [4.78, 5) is 0. The smallest absolute Gasteiger partial charge is 0.123 e. The van der Waals surface area contributed by atoms with Gasteiger partial charge in [0, 0.05) is 11.6 Å². The number of rotatable bonds is 2. The first-order chi connectivity index (χ1) is 8.33. The van der Waals surface area contributed by atoms with Crippen LogP contribution in [0.1, 0.15) is 37.2 Å². The van der Waals surface area contributed by atoms with E-state index in [0.29, 0.717) is 17.7 Å². The molecule has 1 saturated heterocycles. The van der Waals surface area contributed by atoms with Crippen molar-refractivity contribution in [3.63, 3.8) is 0 Å². The van der Waals surface area contributed by atoms with E-state index in [0.717, 1.165) is 25.3 Å². The Hall–Kier alpha value is -1.22. The number of phenolic OH excluding ortho intramolecular Hbond substituents is 1. The fourth-order valence-electron chi connectivity index (χ4n) is 3.00. The third-order valence-electron chi connectivity index (χ3n) is 3.89. The summed E-state index contributed by atoms with van der Waals surface area (Å²) in [6.07, 6.45) is 4.81. The van der Waals surface area contributed by atoms with Gasteiger partial charge >= 0.3 is 0 Å². The highest BCUT2D eigenvalue weighted by Crippen LogP contribution is 2.39. The molecule has 0 saturated carbocycles. The van der Waals surface area contributed by atoms with Gasteiger partial charge in [0.15, 0.2) is 0 Å². The number of phenols is 1. The topological polar surface area (TPSA) is 41.5 Å². The minimum Gasteiger partial charge on any atom is -0.508 e. The molecule has 92 valence electrons. The second-order valence-corrected chi connectivity index (χ2v) is 5.09. The molecule has 0 spiro atoms. The van der Waals surface area contributed by atoms with Crippen LogP contribution in [0.4, 0.5) is 0 Å². The lowest BCUT2D eigenvalue weighted by Gasteiger charge is -2.28. The lowest BCUT2D eigenvalue weighted by Crippen LogP contribution is -2.26. The Morgan fingerprint density at radius 3 is 3.12 bits per heavy atom. The molecule has 2 aliphatic heterocycles. The molecule has 3 nitrogen and oxygen atoms in total. The maximum Gasteiger partial charge on any atom is 0.123 e. The average molecular weight is 233 g/mol. The van der Waals surface area contributed by atoms with Gasteiger partial charge in [0.25, 0.3) is 0 Å². The van der Waals surface area contributed by atoms with Crippen LogP contribution in [-0.4, -0.2) is 24.3 Å². The number of ether oxygens (including phenoxy) is 1. The SMILES string of the molecule is Oc1ccc2c(c1)C(CC1CCCN1)CCO2. The Bertz CT molecular complexity index is 399. The maximum atomic E-state index is 9.60. The van der Waals surface area contributed by atoms with E-state index < -0.39 is 0 Å². The molecule has 0 aliphatic carbocycles. The Labute approximate surface area is 102 Å². The summed E-state index contributed by atoms with van der Waals surface area (Å²) in [6, 6.07) is 6.11. The van der Waals surface area contributed by atoms with Crippen LogP contribution in [0.3, 0.4) is 0 Å². The van der Waals surface area contributed by atoms with Crippen molar-refractivity contribution >= 4 is 0 Å². The lowest BCUT2D eigenvalue weighted by molar-refractivity contribution is 0.256. The number of fused-ring (bicyclic) bond motifs is 1. The highest BCUT2D eigenvalue weighted by molar-refractivity contribution is 5.43. The quantitative estimate of drug-likeness (QED) is 0.824. The largest absolute Gasteiger partial charge is 0.508 e. The van der Waals surface area contributed by atoms with Crippen molar-refractivity contribution in [2.75, 3.05) is 13.2 Å². The zero-order chi connectivity index (χ0) is 11.7. The minimum absolute atomic E-state index is 0.346. The summed E-state index contributed by atoms with van der Waals surface area (Å²) < 4.78 is 5.64. The molecule has 2 unspecified atom stereocenters. The Balaban J connectivity index is 1.80. The van der Waals surface area contributed by atoms with Crippen molar-refractivity contribution in [1.29, 1.82) is 0 Å². The predicted octanol–water partition coefficient (Wildman–Crippen LogP) is 2.40. The van der Waals surface area contributed by atoms with E-state index in [4.69, 9.17) is 4.74 Å². The Kier molecular flexibility index (Phi) is 2.93. The van der Waals surface area contributed by atoms with Crippen molar-refractivity contribution in [3.05, 3.63) is 23.8 Å². The highest BCUT2D eigenvalue weighted by Gasteiger charge is 2.26. The van der Waals surface area contributed by atoms with Gasteiger partial charge in [-0.3, -0.25) is 0 Å². The van der Waals surface area contributed by atoms with Gasteiger partial charge in [-0.1, -0.05) is 0 Å². The van der Waals surface area contributed by atoms with E-state index in [9.17, 15) is 5.11 Å². The first-order valence-corrected chi connectivity index (χ1v) is 6.52. The van der Waals surface area contributed by atoms with Gasteiger partial charge in [0.05, 0.1) is 6.61 Å². The molecule has 0 bridgehead atoms. The Morgan fingerprint density at radius 2 is 2.29 bits per heavy atom. The second kappa shape index (κ2) is 4.57. The van der Waals surface area contributed by atoms with Gasteiger partial charge in [-0.25, -0.2) is 0 Å². The number of hydrogen-bond acceptors (Lipinski definition) is 3. The molecule has 0 radical (unpaired) electrons. The molecule has 2 N–H and O–H groups in total. The van der Waals surface area contributed by atoms with Gasteiger partial charge in [-0.2, -0.15) is 0 Å². The van der Waals surface area contributed by atoms with Gasteiger partial charge in [-0.15, -0.1) is 0 Å². The van der Waals surface area contributed by atoms with E-state index in [1.807, 2.05) is 12.1 Å². The molecule has 3 rings (SSSR count). The molecule has 2 atom stereocenters. The number of nitrogens with one attached hydrogen (secondary N) is 1. The molecule has 0 aromatic heterocycles. The molecule has 2 heterocycles. The fraction of sp³-hybridized carbons (Fsp3) is 0.571. The van der Waals surface area contributed by atoms with E-state index in [1.54, 1.807) is 6.07 Å². The van der Waals surface area contributed by atoms with Crippen LogP contribution in [0, 0.1) is 0 Å². The molecular formula is C14H19NO2. The summed E-state index contributed by atoms with van der Waals surface area (Å²) >= 11 is 0. The van der Waals surface area contributed by atoms with E-state index >= 15 is 0 Å². The van der Waals surface area contributed by atoms with E-state index in [-0.39, 0.29) is 0 Å². The number of aromatic hydroxyl groups is 1. The second-order valence-electron chi connectivity index (χ2n) is 5.09. The van der Waals surface area contributed by atoms with Crippen LogP contribution in [0.2, 0.25) is 0 Å². The minimum atomic E-state index is 0.346. The zero-order valence-corrected chi connectivity index (χ0v) is 9.98. The standard InChI is InChI=1S/C14H19NO2/c16-12-3-4-14-13(9-12)10(5-7-17-14)8-11-2-1-6-15-11/h3-4,9-11,15-16H,1-2,5-8H2. The van der Waals surface area contributed by atoms with Crippen molar-refractivity contribution in [3.8, 4) is 11.5 Å². The van der Waals surface area contributed by atoms with Crippen molar-refractivity contribution in [2.45, 2.75) is 37.6 Å². The molecule has 1 fully saturated rings. The average Bonchev–Trinajstić information content (AvgIpc) is 2.83. The first kappa shape index (κ1) is 10.9. The third-order valence-corrected chi connectivity index (χ3v) is 3.89. The summed E-state index contributed by atoms with van der Waals surface area (Å²) in [5.74, 6) is 1.83. The monoisotopic (exact) mass is 233 g/mol. The van der Waals surface area contributed by atoms with Crippen molar-refractivity contribution < 1.29 is 9.84 Å². The van der Waals surface area contributed by atoms with Gasteiger partial charge in [0.2, 0.25) is 0 Å². The third kappa shape index (κ3) is 2.25. The van der Waals surface area contributed by atoms with Crippen LogP contribution in [0.25, 0.3) is 0 Å². The molecule has 2 aliphatic rings. The normalized spacial score (nSPS) is 27.5. The summed E-state index contributed by atoms with van der Waals surface area (Å²) in [5.41, 5.74) is 1.19. The molecule has 17 heavy (non-hydrogen) atoms. The molecule has 1 aromatic rings. The van der Waals surface area contributed by atoms with Crippen molar-refractivity contribution in [1.82, 2.24) is 5.32 Å². The van der Waals surface area contributed by atoms with Gasteiger partial charge in [0.1, 0.15) is 11.5 Å². The van der Waals surface area contributed by atoms with Crippen LogP contribution >= 0.6 is 0 Å². The zero-order valence-electron chi connectivity index (χ0n) is 9.98. The van der Waals surface area contributed by atoms with Crippen LogP contribution in [0.5, 0.6) is 11.5 Å². The van der Waals surface area contributed by atoms with Gasteiger partial charge in [-0.05, 0) is 56.3 Å². The summed E-state index contributed by atoms with van der Waals surface area (Å²) in [6.45, 7) is 1.95. The molecule has 3 heteroatoms. The van der Waals surface area contributed by atoms with Crippen molar-refractivity contribution in [2.24, 2.45) is 0 Å². The summed E-state index contributed by atoms with van der Waals surface area (Å²) in [5, 5.41) is 13.1. The molecule has 0 amide bonds. The highest BCUT2D eigenvalue weighted by atomic mass is 16.5. The fourth-order valence-corrected chi connectivity index (χ4v) is 3.00. The maximum absolute atomic E-state index is 9.60. The Morgan fingerprint density at radius 1 is 1.35 bits per heavy atom. The lowest BCUT2D eigenvalue weighted by atomic mass is 9.87. The van der Waals surface area contributed by atoms with Crippen LogP contribution in [-0.2, 0) is 0 Å². The van der Waals surface area contributed by atoms with E-state index in [2.05, 4.69) is 5.32 Å². The van der Waals surface area contributed by atoms with E-state index in [1.165, 1.54) is 24.8 Å². The first-order valence-electron chi connectivity index (χ1n) is 6.52. The number of hydrogen-bond donors (Lipinski definition) is 2. The number of benzene rings is 1. The molecule has 1 aromatic carbocycles. The van der Waals surface area contributed by atoms with Crippen LogP contribution in [0.15, 0.2) is 18.2 Å². The van der Waals surface area contributed by atoms with Gasteiger partial charge < -0.3 is 15.2 Å². The molecular weight excluding hydrogens is 214 g/mol. The van der Waals surface area contributed by atoms with Crippen LogP contribution < -0.4 is 10.1 Å². The summed E-state index contributed by atoms with van der Waals surface area (Å²) in [7, 11) is 0.